The van der Waals surface area contributed by atoms with Gasteiger partial charge < -0.3 is 10.5 Å². The van der Waals surface area contributed by atoms with Crippen LogP contribution < -0.4 is 5.73 Å². The summed E-state index contributed by atoms with van der Waals surface area (Å²) >= 11 is 0. The summed E-state index contributed by atoms with van der Waals surface area (Å²) in [5.41, 5.74) is 6.54. The molecule has 1 aromatic rings. The van der Waals surface area contributed by atoms with E-state index in [1.807, 2.05) is 17.8 Å². The minimum Gasteiger partial charge on any atom is -0.382 e. The summed E-state index contributed by atoms with van der Waals surface area (Å²) < 4.78 is 7.13. The minimum atomic E-state index is 0.561. The summed E-state index contributed by atoms with van der Waals surface area (Å²) in [6, 6.07) is 0. The average molecular weight is 183 g/mol. The Bertz CT molecular complexity index is 235. The van der Waals surface area contributed by atoms with Gasteiger partial charge in [-0.2, -0.15) is 5.10 Å². The zero-order chi connectivity index (χ0) is 9.52. The van der Waals surface area contributed by atoms with Crippen LogP contribution in [-0.4, -0.2) is 23.0 Å². The van der Waals surface area contributed by atoms with Gasteiger partial charge in [-0.15, -0.1) is 0 Å². The second-order valence-electron chi connectivity index (χ2n) is 2.87. The smallest absolute Gasteiger partial charge is 0.0534 e. The third-order valence-electron chi connectivity index (χ3n) is 1.80. The van der Waals surface area contributed by atoms with E-state index in [1.165, 1.54) is 0 Å². The van der Waals surface area contributed by atoms with E-state index in [2.05, 4.69) is 5.10 Å². The predicted molar refractivity (Wildman–Crippen MR) is 51.2 cm³/mol. The zero-order valence-electron chi connectivity index (χ0n) is 8.07. The Morgan fingerprint density at radius 1 is 1.62 bits per heavy atom. The van der Waals surface area contributed by atoms with E-state index in [4.69, 9.17) is 10.5 Å². The Labute approximate surface area is 78.7 Å². The molecule has 0 aromatic carbocycles. The van der Waals surface area contributed by atoms with Crippen molar-refractivity contribution < 1.29 is 4.74 Å². The summed E-state index contributed by atoms with van der Waals surface area (Å²) in [6.07, 6.45) is 4.78. The van der Waals surface area contributed by atoms with Crippen molar-refractivity contribution in [3.63, 3.8) is 0 Å². The molecule has 0 unspecified atom stereocenters. The van der Waals surface area contributed by atoms with Gasteiger partial charge in [-0.25, -0.2) is 0 Å². The van der Waals surface area contributed by atoms with E-state index in [1.54, 1.807) is 6.20 Å². The van der Waals surface area contributed by atoms with Crippen LogP contribution >= 0.6 is 0 Å². The quantitative estimate of drug-likeness (QED) is 0.663. The van der Waals surface area contributed by atoms with Crippen molar-refractivity contribution in [2.24, 2.45) is 5.73 Å². The Morgan fingerprint density at radius 3 is 3.08 bits per heavy atom. The molecule has 0 amide bonds. The van der Waals surface area contributed by atoms with Crippen molar-refractivity contribution in [3.8, 4) is 0 Å². The molecule has 0 aliphatic rings. The molecule has 4 nitrogen and oxygen atoms in total. The van der Waals surface area contributed by atoms with E-state index < -0.39 is 0 Å². The van der Waals surface area contributed by atoms with Crippen molar-refractivity contribution in [1.29, 1.82) is 0 Å². The van der Waals surface area contributed by atoms with Gasteiger partial charge in [-0.05, 0) is 13.3 Å². The first-order chi connectivity index (χ1) is 6.36. The van der Waals surface area contributed by atoms with Gasteiger partial charge in [0.2, 0.25) is 0 Å². The largest absolute Gasteiger partial charge is 0.382 e. The number of hydrogen-bond donors (Lipinski definition) is 1. The van der Waals surface area contributed by atoms with Crippen LogP contribution in [0.3, 0.4) is 0 Å². The molecule has 0 aliphatic heterocycles. The van der Waals surface area contributed by atoms with Crippen LogP contribution in [0.25, 0.3) is 0 Å². The highest BCUT2D eigenvalue weighted by Crippen LogP contribution is 1.97. The third-order valence-corrected chi connectivity index (χ3v) is 1.80. The van der Waals surface area contributed by atoms with Crippen LogP contribution in [-0.2, 0) is 17.8 Å². The molecule has 4 heteroatoms. The molecular weight excluding hydrogens is 166 g/mol. The fourth-order valence-electron chi connectivity index (χ4n) is 1.11. The molecule has 74 valence electrons. The first-order valence-electron chi connectivity index (χ1n) is 4.66. The number of nitrogens with two attached hydrogens (primary N) is 1. The number of hydrogen-bond acceptors (Lipinski definition) is 3. The van der Waals surface area contributed by atoms with Crippen LogP contribution in [0.4, 0.5) is 0 Å². The summed E-state index contributed by atoms with van der Waals surface area (Å²) in [4.78, 5) is 0. The summed E-state index contributed by atoms with van der Waals surface area (Å²) in [7, 11) is 0. The van der Waals surface area contributed by atoms with Crippen molar-refractivity contribution in [2.75, 3.05) is 13.2 Å². The Hall–Kier alpha value is -0.870. The first-order valence-corrected chi connectivity index (χ1v) is 4.66. The Balaban J connectivity index is 2.20. The van der Waals surface area contributed by atoms with Gasteiger partial charge in [0.1, 0.15) is 0 Å². The number of aromatic nitrogens is 2. The van der Waals surface area contributed by atoms with Crippen LogP contribution in [0.5, 0.6) is 0 Å². The molecule has 0 saturated carbocycles. The summed E-state index contributed by atoms with van der Waals surface area (Å²) in [6.45, 7) is 5.05. The molecule has 0 saturated heterocycles. The predicted octanol–water partition coefficient (Wildman–Crippen LogP) is 0.768. The van der Waals surface area contributed by atoms with Crippen LogP contribution in [0.2, 0.25) is 0 Å². The van der Waals surface area contributed by atoms with E-state index in [-0.39, 0.29) is 0 Å². The van der Waals surface area contributed by atoms with E-state index >= 15 is 0 Å². The van der Waals surface area contributed by atoms with Crippen LogP contribution in [0, 0.1) is 0 Å². The highest BCUT2D eigenvalue weighted by Gasteiger charge is 1.95. The molecule has 0 atom stereocenters. The number of aryl methyl sites for hydroxylation is 1. The summed E-state index contributed by atoms with van der Waals surface area (Å²) in [5, 5.41) is 4.17. The SMILES string of the molecule is CCOCCCn1cc(CN)cn1. The molecule has 0 radical (unpaired) electrons. The highest BCUT2D eigenvalue weighted by atomic mass is 16.5. The molecule has 13 heavy (non-hydrogen) atoms. The monoisotopic (exact) mass is 183 g/mol. The van der Waals surface area contributed by atoms with E-state index in [9.17, 15) is 0 Å². The molecule has 0 fully saturated rings. The second-order valence-corrected chi connectivity index (χ2v) is 2.87. The van der Waals surface area contributed by atoms with Crippen LogP contribution in [0.1, 0.15) is 18.9 Å². The maximum absolute atomic E-state index is 5.46. The number of nitrogens with zero attached hydrogens (tertiary/aromatic N) is 2. The summed E-state index contributed by atoms with van der Waals surface area (Å²) in [5.74, 6) is 0. The molecular formula is C9H17N3O. The fourth-order valence-corrected chi connectivity index (χ4v) is 1.11. The second kappa shape index (κ2) is 5.72. The van der Waals surface area contributed by atoms with Crippen molar-refractivity contribution in [1.82, 2.24) is 9.78 Å². The number of ether oxygens (including phenoxy) is 1. The fraction of sp³-hybridized carbons (Fsp3) is 0.667. The molecule has 0 aliphatic carbocycles. The van der Waals surface area contributed by atoms with Gasteiger partial charge in [0, 0.05) is 38.1 Å². The van der Waals surface area contributed by atoms with Crippen molar-refractivity contribution >= 4 is 0 Å². The van der Waals surface area contributed by atoms with Crippen molar-refractivity contribution in [3.05, 3.63) is 18.0 Å². The van der Waals surface area contributed by atoms with E-state index in [0.29, 0.717) is 6.54 Å². The molecule has 2 N–H and O–H groups in total. The Kier molecular flexibility index (Phi) is 4.49. The lowest BCUT2D eigenvalue weighted by Gasteiger charge is -2.01. The van der Waals surface area contributed by atoms with Gasteiger partial charge in [0.25, 0.3) is 0 Å². The number of rotatable bonds is 6. The van der Waals surface area contributed by atoms with E-state index in [0.717, 1.165) is 31.7 Å². The maximum Gasteiger partial charge on any atom is 0.0534 e. The van der Waals surface area contributed by atoms with Gasteiger partial charge in [-0.3, -0.25) is 4.68 Å². The first kappa shape index (κ1) is 10.2. The lowest BCUT2D eigenvalue weighted by Crippen LogP contribution is -2.03. The lowest BCUT2D eigenvalue weighted by atomic mass is 10.4. The molecule has 0 spiro atoms. The lowest BCUT2D eigenvalue weighted by molar-refractivity contribution is 0.141. The van der Waals surface area contributed by atoms with Gasteiger partial charge in [-0.1, -0.05) is 0 Å². The molecule has 1 aromatic heterocycles. The standard InChI is InChI=1S/C9H17N3O/c1-2-13-5-3-4-12-8-9(6-10)7-11-12/h7-8H,2-6,10H2,1H3. The topological polar surface area (TPSA) is 53.1 Å². The minimum absolute atomic E-state index is 0.561. The average Bonchev–Trinajstić information content (AvgIpc) is 2.60. The maximum atomic E-state index is 5.46. The van der Waals surface area contributed by atoms with Crippen LogP contribution in [0.15, 0.2) is 12.4 Å². The molecule has 1 heterocycles. The third kappa shape index (κ3) is 3.57. The van der Waals surface area contributed by atoms with Gasteiger partial charge in [0.15, 0.2) is 0 Å². The Morgan fingerprint density at radius 2 is 2.46 bits per heavy atom. The van der Waals surface area contributed by atoms with Gasteiger partial charge >= 0.3 is 0 Å². The normalized spacial score (nSPS) is 10.6. The highest BCUT2D eigenvalue weighted by molar-refractivity contribution is 5.02. The molecule has 0 bridgehead atoms. The zero-order valence-corrected chi connectivity index (χ0v) is 8.07. The molecule has 1 rings (SSSR count). The van der Waals surface area contributed by atoms with Crippen molar-refractivity contribution in [2.45, 2.75) is 26.4 Å². The van der Waals surface area contributed by atoms with Gasteiger partial charge in [0.05, 0.1) is 6.20 Å².